The molecule has 0 aliphatic carbocycles. The predicted molar refractivity (Wildman–Crippen MR) is 80.1 cm³/mol. The van der Waals surface area contributed by atoms with Crippen molar-refractivity contribution in [3.05, 3.63) is 39.9 Å². The maximum Gasteiger partial charge on any atom is 0.311 e. The van der Waals surface area contributed by atoms with Crippen LogP contribution in [0.2, 0.25) is 0 Å². The zero-order valence-corrected chi connectivity index (χ0v) is 12.0. The fourth-order valence-corrected chi connectivity index (χ4v) is 2.46. The van der Waals surface area contributed by atoms with Crippen molar-refractivity contribution in [3.8, 4) is 5.75 Å². The lowest BCUT2D eigenvalue weighted by Gasteiger charge is -2.05. The molecule has 4 N–H and O–H groups in total. The number of anilines is 2. The van der Waals surface area contributed by atoms with Crippen LogP contribution < -0.4 is 16.2 Å². The molecular weight excluding hydrogens is 294 g/mol. The van der Waals surface area contributed by atoms with Crippen LogP contribution in [0.3, 0.4) is 0 Å². The number of methoxy groups -OCH3 is 1. The summed E-state index contributed by atoms with van der Waals surface area (Å²) in [4.78, 5) is 18.5. The van der Waals surface area contributed by atoms with E-state index in [4.69, 9.17) is 16.2 Å². The first-order chi connectivity index (χ1) is 9.99. The first-order valence-corrected chi connectivity index (χ1v) is 6.82. The number of thioether (sulfide) groups is 1. The van der Waals surface area contributed by atoms with Crippen LogP contribution in [-0.2, 0) is 5.75 Å². The van der Waals surface area contributed by atoms with Gasteiger partial charge in [-0.1, -0.05) is 17.8 Å². The second-order valence-electron chi connectivity index (χ2n) is 4.05. The highest BCUT2D eigenvalue weighted by Crippen LogP contribution is 2.30. The monoisotopic (exact) mass is 307 g/mol. The van der Waals surface area contributed by atoms with Crippen molar-refractivity contribution < 1.29 is 9.66 Å². The van der Waals surface area contributed by atoms with Crippen LogP contribution in [0.4, 0.5) is 17.3 Å². The Morgan fingerprint density at radius 3 is 2.52 bits per heavy atom. The van der Waals surface area contributed by atoms with Crippen molar-refractivity contribution in [1.82, 2.24) is 9.97 Å². The van der Waals surface area contributed by atoms with Crippen molar-refractivity contribution in [2.24, 2.45) is 0 Å². The Labute approximate surface area is 124 Å². The van der Waals surface area contributed by atoms with Gasteiger partial charge in [-0.3, -0.25) is 10.1 Å². The fraction of sp³-hybridized carbons (Fsp3) is 0.167. The van der Waals surface area contributed by atoms with Gasteiger partial charge in [0, 0.05) is 17.9 Å². The minimum atomic E-state index is -0.484. The Kier molecular flexibility index (Phi) is 4.43. The number of ether oxygens (including phenoxy) is 1. The van der Waals surface area contributed by atoms with Gasteiger partial charge in [0.05, 0.1) is 12.0 Å². The maximum absolute atomic E-state index is 11.0. The van der Waals surface area contributed by atoms with Gasteiger partial charge in [0.2, 0.25) is 0 Å². The quantitative estimate of drug-likeness (QED) is 0.370. The molecule has 1 aromatic carbocycles. The molecule has 0 spiro atoms. The molecule has 1 aromatic heterocycles. The molecule has 0 unspecified atom stereocenters. The zero-order valence-electron chi connectivity index (χ0n) is 11.1. The Hall–Kier alpha value is -2.55. The van der Waals surface area contributed by atoms with Crippen LogP contribution in [0, 0.1) is 10.1 Å². The maximum atomic E-state index is 11.0. The number of nitro benzene ring substituents is 1. The Morgan fingerprint density at radius 1 is 1.29 bits per heavy atom. The average Bonchev–Trinajstić information content (AvgIpc) is 2.43. The van der Waals surface area contributed by atoms with E-state index in [9.17, 15) is 10.1 Å². The molecule has 0 bridgehead atoms. The van der Waals surface area contributed by atoms with Crippen LogP contribution >= 0.6 is 11.8 Å². The summed E-state index contributed by atoms with van der Waals surface area (Å²) in [7, 11) is 1.39. The lowest BCUT2D eigenvalue weighted by molar-refractivity contribution is -0.385. The molecule has 0 atom stereocenters. The number of aromatic nitrogens is 2. The summed E-state index contributed by atoms with van der Waals surface area (Å²) >= 11 is 1.29. The second kappa shape index (κ2) is 6.27. The van der Waals surface area contributed by atoms with Gasteiger partial charge in [-0.05, 0) is 11.6 Å². The van der Waals surface area contributed by atoms with Crippen molar-refractivity contribution >= 4 is 29.1 Å². The van der Waals surface area contributed by atoms with Gasteiger partial charge in [-0.15, -0.1) is 0 Å². The van der Waals surface area contributed by atoms with Crippen molar-refractivity contribution in [2.75, 3.05) is 18.6 Å². The summed E-state index contributed by atoms with van der Waals surface area (Å²) in [5.74, 6) is 1.24. The number of nitrogen functional groups attached to an aromatic ring is 2. The molecule has 110 valence electrons. The van der Waals surface area contributed by atoms with E-state index in [2.05, 4.69) is 9.97 Å². The SMILES string of the molecule is COc1ccc(CSc2nc(N)cc(N)n2)cc1[N+](=O)[O-]. The van der Waals surface area contributed by atoms with Gasteiger partial charge >= 0.3 is 5.69 Å². The molecule has 2 rings (SSSR count). The molecule has 0 amide bonds. The number of nitrogens with zero attached hydrogens (tertiary/aromatic N) is 3. The number of rotatable bonds is 5. The summed E-state index contributed by atoms with van der Waals surface area (Å²) < 4.78 is 4.95. The first-order valence-electron chi connectivity index (χ1n) is 5.83. The molecule has 0 saturated heterocycles. The topological polar surface area (TPSA) is 130 Å². The van der Waals surface area contributed by atoms with E-state index >= 15 is 0 Å². The van der Waals surface area contributed by atoms with Crippen LogP contribution in [-0.4, -0.2) is 22.0 Å². The van der Waals surface area contributed by atoms with Crippen LogP contribution in [0.25, 0.3) is 0 Å². The highest BCUT2D eigenvalue weighted by molar-refractivity contribution is 7.98. The van der Waals surface area contributed by atoms with Gasteiger partial charge in [-0.2, -0.15) is 0 Å². The van der Waals surface area contributed by atoms with E-state index < -0.39 is 4.92 Å². The number of nitrogens with two attached hydrogens (primary N) is 2. The van der Waals surface area contributed by atoms with Crippen LogP contribution in [0.15, 0.2) is 29.4 Å². The lowest BCUT2D eigenvalue weighted by atomic mass is 10.2. The largest absolute Gasteiger partial charge is 0.490 e. The molecule has 0 saturated carbocycles. The summed E-state index contributed by atoms with van der Waals surface area (Å²) in [5.41, 5.74) is 11.8. The molecular formula is C12H13N5O3S. The van der Waals surface area contributed by atoms with E-state index in [1.807, 2.05) is 0 Å². The molecule has 8 nitrogen and oxygen atoms in total. The minimum Gasteiger partial charge on any atom is -0.490 e. The predicted octanol–water partition coefficient (Wildman–Crippen LogP) is 1.85. The molecule has 1 heterocycles. The highest BCUT2D eigenvalue weighted by Gasteiger charge is 2.15. The molecule has 0 aliphatic rings. The normalized spacial score (nSPS) is 10.3. The number of benzene rings is 1. The van der Waals surface area contributed by atoms with E-state index in [0.29, 0.717) is 10.9 Å². The summed E-state index contributed by atoms with van der Waals surface area (Å²) in [5, 5.41) is 11.4. The second-order valence-corrected chi connectivity index (χ2v) is 4.99. The standard InChI is InChI=1S/C12H13N5O3S/c1-20-9-3-2-7(4-8(9)17(18)19)6-21-12-15-10(13)5-11(14)16-12/h2-5H,6H2,1H3,(H4,13,14,15,16). The van der Waals surface area contributed by atoms with Gasteiger partial charge in [-0.25, -0.2) is 9.97 Å². The van der Waals surface area contributed by atoms with E-state index in [0.717, 1.165) is 5.56 Å². The Balaban J connectivity index is 2.16. The van der Waals surface area contributed by atoms with Gasteiger partial charge < -0.3 is 16.2 Å². The molecule has 0 fully saturated rings. The van der Waals surface area contributed by atoms with Crippen molar-refractivity contribution in [1.29, 1.82) is 0 Å². The smallest absolute Gasteiger partial charge is 0.311 e. The van der Waals surface area contributed by atoms with Crippen LogP contribution in [0.5, 0.6) is 5.75 Å². The summed E-state index contributed by atoms with van der Waals surface area (Å²) in [6.07, 6.45) is 0. The minimum absolute atomic E-state index is 0.0800. The number of hydrogen-bond donors (Lipinski definition) is 2. The van der Waals surface area contributed by atoms with Crippen LogP contribution in [0.1, 0.15) is 5.56 Å². The Morgan fingerprint density at radius 2 is 1.95 bits per heavy atom. The van der Waals surface area contributed by atoms with Crippen molar-refractivity contribution in [2.45, 2.75) is 10.9 Å². The molecule has 21 heavy (non-hydrogen) atoms. The van der Waals surface area contributed by atoms with Crippen molar-refractivity contribution in [3.63, 3.8) is 0 Å². The van der Waals surface area contributed by atoms with E-state index in [1.165, 1.54) is 31.0 Å². The van der Waals surface area contributed by atoms with Gasteiger partial charge in [0.1, 0.15) is 11.6 Å². The van der Waals surface area contributed by atoms with E-state index in [-0.39, 0.29) is 23.1 Å². The average molecular weight is 307 g/mol. The molecule has 2 aromatic rings. The summed E-state index contributed by atoms with van der Waals surface area (Å²) in [6, 6.07) is 6.22. The number of nitro groups is 1. The third-order valence-corrected chi connectivity index (χ3v) is 3.47. The molecule has 0 aliphatic heterocycles. The summed E-state index contributed by atoms with van der Waals surface area (Å²) in [6.45, 7) is 0. The van der Waals surface area contributed by atoms with Gasteiger partial charge in [0.15, 0.2) is 10.9 Å². The highest BCUT2D eigenvalue weighted by atomic mass is 32.2. The van der Waals surface area contributed by atoms with E-state index in [1.54, 1.807) is 12.1 Å². The third kappa shape index (κ3) is 3.72. The fourth-order valence-electron chi connectivity index (χ4n) is 1.64. The Bertz CT molecular complexity index is 660. The molecule has 0 radical (unpaired) electrons. The number of hydrogen-bond acceptors (Lipinski definition) is 8. The zero-order chi connectivity index (χ0) is 15.4. The molecule has 9 heteroatoms. The third-order valence-electron chi connectivity index (χ3n) is 2.55. The first kappa shape index (κ1) is 14.9. The lowest BCUT2D eigenvalue weighted by Crippen LogP contribution is -1.99. The van der Waals surface area contributed by atoms with Gasteiger partial charge in [0.25, 0.3) is 0 Å².